The van der Waals surface area contributed by atoms with Crippen molar-refractivity contribution in [2.75, 3.05) is 31.1 Å². The molecule has 5 nitrogen and oxygen atoms in total. The second kappa shape index (κ2) is 7.64. The molecular weight excluding hydrogens is 302 g/mol. The number of hydrogen-bond acceptors (Lipinski definition) is 5. The lowest BCUT2D eigenvalue weighted by atomic mass is 10.0. The summed E-state index contributed by atoms with van der Waals surface area (Å²) in [4.78, 5) is 19.2. The van der Waals surface area contributed by atoms with E-state index in [2.05, 4.69) is 21.0 Å². The van der Waals surface area contributed by atoms with Crippen molar-refractivity contribution in [3.05, 3.63) is 72.3 Å². The van der Waals surface area contributed by atoms with Crippen LogP contribution < -0.4 is 10.0 Å². The predicted octanol–water partition coefficient (Wildman–Crippen LogP) is 1.28. The van der Waals surface area contributed by atoms with Crippen molar-refractivity contribution in [1.29, 1.82) is 0 Å². The minimum atomic E-state index is -1.17. The summed E-state index contributed by atoms with van der Waals surface area (Å²) in [7, 11) is 0. The van der Waals surface area contributed by atoms with Crippen molar-refractivity contribution >= 4 is 11.7 Å². The number of aliphatic carboxylic acids is 1. The Morgan fingerprint density at radius 1 is 1.12 bits per heavy atom. The molecule has 24 heavy (non-hydrogen) atoms. The van der Waals surface area contributed by atoms with E-state index in [0.29, 0.717) is 0 Å². The molecule has 2 aliphatic rings. The number of carbonyl (C=O) groups is 1. The highest BCUT2D eigenvalue weighted by molar-refractivity contribution is 5.78. The number of piperazine rings is 1. The zero-order valence-electron chi connectivity index (χ0n) is 13.5. The van der Waals surface area contributed by atoms with E-state index in [0.717, 1.165) is 44.2 Å². The fraction of sp³-hybridized carbons (Fsp3) is 0.263. The van der Waals surface area contributed by atoms with Crippen LogP contribution >= 0.6 is 0 Å². The van der Waals surface area contributed by atoms with Crippen LogP contribution in [0.4, 0.5) is 5.69 Å². The average molecular weight is 322 g/mol. The van der Waals surface area contributed by atoms with Crippen molar-refractivity contribution < 1.29 is 9.90 Å². The molecule has 0 atom stereocenters. The smallest absolute Gasteiger partial charge is 0.0643 e. The number of nitrogens with zero attached hydrogens (tertiary/aromatic N) is 3. The number of aromatic nitrogens is 1. The topological polar surface area (TPSA) is 59.5 Å². The highest BCUT2D eigenvalue weighted by atomic mass is 16.4. The van der Waals surface area contributed by atoms with Crippen molar-refractivity contribution in [3.8, 4) is 0 Å². The number of rotatable bonds is 4. The summed E-state index contributed by atoms with van der Waals surface area (Å²) >= 11 is 0. The number of allylic oxidation sites excluding steroid dienone is 6. The molecule has 5 heteroatoms. The molecule has 1 fully saturated rings. The Balaban J connectivity index is 1.52. The SMILES string of the molecule is O=C([O-])C=CC1=CCC(=CN2CCN(c3ccncc3)CC2)C=C1. The second-order valence-electron chi connectivity index (χ2n) is 5.83. The van der Waals surface area contributed by atoms with Gasteiger partial charge in [0.15, 0.2) is 0 Å². The van der Waals surface area contributed by atoms with Crippen LogP contribution in [0.2, 0.25) is 0 Å². The van der Waals surface area contributed by atoms with Gasteiger partial charge in [0.2, 0.25) is 0 Å². The summed E-state index contributed by atoms with van der Waals surface area (Å²) < 4.78 is 0. The van der Waals surface area contributed by atoms with Gasteiger partial charge in [0.05, 0.1) is 5.97 Å². The minimum absolute atomic E-state index is 0.813. The molecule has 0 spiro atoms. The van der Waals surface area contributed by atoms with Gasteiger partial charge in [-0.15, -0.1) is 0 Å². The quantitative estimate of drug-likeness (QED) is 0.782. The first-order valence-corrected chi connectivity index (χ1v) is 8.08. The Morgan fingerprint density at radius 2 is 1.88 bits per heavy atom. The molecule has 1 aromatic heterocycles. The van der Waals surface area contributed by atoms with Gasteiger partial charge in [0, 0.05) is 50.5 Å². The van der Waals surface area contributed by atoms with Gasteiger partial charge in [-0.25, -0.2) is 0 Å². The number of anilines is 1. The summed E-state index contributed by atoms with van der Waals surface area (Å²) in [5.74, 6) is -1.17. The Kier molecular flexibility index (Phi) is 5.11. The Bertz CT molecular complexity index is 697. The minimum Gasteiger partial charge on any atom is -0.545 e. The molecule has 3 rings (SSSR count). The lowest BCUT2D eigenvalue weighted by Gasteiger charge is -2.36. The molecule has 0 bridgehead atoms. The van der Waals surface area contributed by atoms with Gasteiger partial charge in [-0.2, -0.15) is 0 Å². The summed E-state index contributed by atoms with van der Waals surface area (Å²) in [6.45, 7) is 3.96. The Morgan fingerprint density at radius 3 is 2.50 bits per heavy atom. The Hall–Kier alpha value is -2.82. The average Bonchev–Trinajstić information content (AvgIpc) is 2.62. The summed E-state index contributed by atoms with van der Waals surface area (Å²) in [5.41, 5.74) is 3.36. The summed E-state index contributed by atoms with van der Waals surface area (Å²) in [5, 5.41) is 10.4. The first-order chi connectivity index (χ1) is 11.7. The van der Waals surface area contributed by atoms with Crippen LogP contribution in [0.3, 0.4) is 0 Å². The largest absolute Gasteiger partial charge is 0.545 e. The van der Waals surface area contributed by atoms with E-state index < -0.39 is 5.97 Å². The number of pyridine rings is 1. The van der Waals surface area contributed by atoms with E-state index in [-0.39, 0.29) is 0 Å². The van der Waals surface area contributed by atoms with E-state index in [1.165, 1.54) is 11.3 Å². The first-order valence-electron chi connectivity index (χ1n) is 8.08. The van der Waals surface area contributed by atoms with Crippen LogP contribution in [0.5, 0.6) is 0 Å². The van der Waals surface area contributed by atoms with E-state index in [4.69, 9.17) is 0 Å². The van der Waals surface area contributed by atoms with Gasteiger partial charge in [-0.1, -0.05) is 24.3 Å². The fourth-order valence-electron chi connectivity index (χ4n) is 2.86. The third kappa shape index (κ3) is 4.35. The summed E-state index contributed by atoms with van der Waals surface area (Å²) in [6, 6.07) is 4.09. The lowest BCUT2D eigenvalue weighted by molar-refractivity contribution is -0.297. The van der Waals surface area contributed by atoms with Crippen LogP contribution in [0, 0.1) is 0 Å². The maximum absolute atomic E-state index is 10.4. The molecule has 1 aromatic rings. The van der Waals surface area contributed by atoms with Crippen LogP contribution in [-0.2, 0) is 4.79 Å². The number of carboxylic acid groups (broad SMARTS) is 1. The maximum Gasteiger partial charge on any atom is 0.0643 e. The van der Waals surface area contributed by atoms with Crippen molar-refractivity contribution in [2.24, 2.45) is 0 Å². The van der Waals surface area contributed by atoms with Crippen LogP contribution in [0.1, 0.15) is 6.42 Å². The summed E-state index contributed by atoms with van der Waals surface area (Å²) in [6.07, 6.45) is 15.3. The Labute approximate surface area is 141 Å². The van der Waals surface area contributed by atoms with Gasteiger partial charge in [-0.3, -0.25) is 4.98 Å². The zero-order valence-corrected chi connectivity index (χ0v) is 13.5. The second-order valence-corrected chi connectivity index (χ2v) is 5.83. The maximum atomic E-state index is 10.4. The van der Waals surface area contributed by atoms with E-state index in [9.17, 15) is 9.90 Å². The highest BCUT2D eigenvalue weighted by Crippen LogP contribution is 2.19. The van der Waals surface area contributed by atoms with Crippen LogP contribution in [0.15, 0.2) is 72.3 Å². The van der Waals surface area contributed by atoms with E-state index in [1.54, 1.807) is 6.08 Å². The predicted molar refractivity (Wildman–Crippen MR) is 92.1 cm³/mol. The van der Waals surface area contributed by atoms with Gasteiger partial charge in [0.25, 0.3) is 0 Å². The van der Waals surface area contributed by atoms with Crippen molar-refractivity contribution in [2.45, 2.75) is 6.42 Å². The van der Waals surface area contributed by atoms with Crippen molar-refractivity contribution in [3.63, 3.8) is 0 Å². The third-order valence-electron chi connectivity index (χ3n) is 4.17. The molecule has 0 amide bonds. The molecule has 1 aliphatic carbocycles. The molecule has 0 N–H and O–H groups in total. The van der Waals surface area contributed by atoms with Crippen LogP contribution in [-0.4, -0.2) is 42.0 Å². The molecule has 1 saturated heterocycles. The molecular formula is C19H20N3O2-. The molecule has 0 unspecified atom stereocenters. The monoisotopic (exact) mass is 322 g/mol. The number of carboxylic acids is 1. The van der Waals surface area contributed by atoms with Crippen LogP contribution in [0.25, 0.3) is 0 Å². The van der Waals surface area contributed by atoms with E-state index in [1.807, 2.05) is 42.8 Å². The zero-order chi connectivity index (χ0) is 16.8. The first kappa shape index (κ1) is 16.1. The van der Waals surface area contributed by atoms with Gasteiger partial charge >= 0.3 is 0 Å². The molecule has 0 aromatic carbocycles. The normalized spacial score (nSPS) is 19.8. The number of carbonyl (C=O) groups excluding carboxylic acids is 1. The van der Waals surface area contributed by atoms with Crippen molar-refractivity contribution in [1.82, 2.24) is 9.88 Å². The van der Waals surface area contributed by atoms with Gasteiger partial charge < -0.3 is 19.7 Å². The molecule has 1 aliphatic heterocycles. The lowest BCUT2D eigenvalue weighted by Crippen LogP contribution is -2.44. The standard InChI is InChI=1S/C19H21N3O2/c23-19(24)6-5-16-1-3-17(4-2-16)15-21-11-13-22(14-12-21)18-7-9-20-10-8-18/h1-3,5-10,15H,4,11-14H2,(H,23,24)/p-1. The fourth-order valence-corrected chi connectivity index (χ4v) is 2.86. The molecule has 2 heterocycles. The molecule has 124 valence electrons. The van der Waals surface area contributed by atoms with Gasteiger partial charge in [-0.05, 0) is 35.8 Å². The molecule has 0 saturated carbocycles. The highest BCUT2D eigenvalue weighted by Gasteiger charge is 2.15. The van der Waals surface area contributed by atoms with E-state index >= 15 is 0 Å². The van der Waals surface area contributed by atoms with Gasteiger partial charge in [0.1, 0.15) is 0 Å². The number of hydrogen-bond donors (Lipinski definition) is 0. The molecule has 0 radical (unpaired) electrons. The third-order valence-corrected chi connectivity index (χ3v) is 4.17.